The normalized spacial score (nSPS) is 21.1. The molecule has 1 aliphatic rings. The maximum absolute atomic E-state index is 12.8. The smallest absolute Gasteiger partial charge is 0.247 e. The minimum atomic E-state index is -3.76. The number of nitrogens with two attached hydrogens (primary N) is 1. The van der Waals surface area contributed by atoms with Crippen molar-refractivity contribution in [2.75, 3.05) is 25.5 Å². The van der Waals surface area contributed by atoms with E-state index in [4.69, 9.17) is 33.7 Å². The predicted octanol–water partition coefficient (Wildman–Crippen LogP) is 2.38. The second-order valence-electron chi connectivity index (χ2n) is 4.56. The van der Waals surface area contributed by atoms with Gasteiger partial charge in [0.05, 0.1) is 23.9 Å². The van der Waals surface area contributed by atoms with Gasteiger partial charge in [-0.05, 0) is 18.6 Å². The van der Waals surface area contributed by atoms with Crippen LogP contribution in [0.25, 0.3) is 0 Å². The topological polar surface area (TPSA) is 72.6 Å². The van der Waals surface area contributed by atoms with Gasteiger partial charge in [-0.15, -0.1) is 0 Å². The molecule has 0 aliphatic carbocycles. The SMILES string of the molecule is CCC1COCCN1S(=O)(=O)c1c(N)cc(Cl)cc1Cl. The molecule has 1 heterocycles. The third kappa shape index (κ3) is 2.89. The minimum Gasteiger partial charge on any atom is -0.398 e. The van der Waals surface area contributed by atoms with Gasteiger partial charge >= 0.3 is 0 Å². The number of nitrogen functional groups attached to an aromatic ring is 1. The lowest BCUT2D eigenvalue weighted by Gasteiger charge is -2.34. The molecule has 1 saturated heterocycles. The average molecular weight is 339 g/mol. The molecule has 0 radical (unpaired) electrons. The zero-order valence-electron chi connectivity index (χ0n) is 11.0. The number of ether oxygens (including phenoxy) is 1. The lowest BCUT2D eigenvalue weighted by Crippen LogP contribution is -2.48. The zero-order valence-corrected chi connectivity index (χ0v) is 13.3. The van der Waals surface area contributed by atoms with Crippen LogP contribution >= 0.6 is 23.2 Å². The fraction of sp³-hybridized carbons (Fsp3) is 0.500. The van der Waals surface area contributed by atoms with Gasteiger partial charge in [-0.1, -0.05) is 30.1 Å². The van der Waals surface area contributed by atoms with Crippen LogP contribution < -0.4 is 5.73 Å². The van der Waals surface area contributed by atoms with Gasteiger partial charge in [-0.25, -0.2) is 8.42 Å². The van der Waals surface area contributed by atoms with Crippen molar-refractivity contribution in [3.05, 3.63) is 22.2 Å². The van der Waals surface area contributed by atoms with Crippen molar-refractivity contribution in [1.82, 2.24) is 4.31 Å². The van der Waals surface area contributed by atoms with Crippen molar-refractivity contribution >= 4 is 38.9 Å². The fourth-order valence-corrected chi connectivity index (χ4v) is 4.86. The first-order chi connectivity index (χ1) is 9.37. The molecular formula is C12H16Cl2N2O3S. The van der Waals surface area contributed by atoms with Crippen molar-refractivity contribution < 1.29 is 13.2 Å². The highest BCUT2D eigenvalue weighted by Gasteiger charge is 2.35. The number of benzene rings is 1. The number of rotatable bonds is 3. The molecule has 2 N–H and O–H groups in total. The Hall–Kier alpha value is -0.530. The number of nitrogens with zero attached hydrogens (tertiary/aromatic N) is 1. The summed E-state index contributed by atoms with van der Waals surface area (Å²) in [7, 11) is -3.76. The first-order valence-corrected chi connectivity index (χ1v) is 8.41. The van der Waals surface area contributed by atoms with E-state index in [0.717, 1.165) is 0 Å². The number of sulfonamides is 1. The molecule has 1 aliphatic heterocycles. The predicted molar refractivity (Wildman–Crippen MR) is 79.7 cm³/mol. The van der Waals surface area contributed by atoms with Gasteiger partial charge in [0.25, 0.3) is 0 Å². The van der Waals surface area contributed by atoms with E-state index in [0.29, 0.717) is 31.2 Å². The average Bonchev–Trinajstić information content (AvgIpc) is 2.37. The Kier molecular flexibility index (Phi) is 4.81. The summed E-state index contributed by atoms with van der Waals surface area (Å²) in [5.41, 5.74) is 5.86. The van der Waals surface area contributed by atoms with Crippen molar-refractivity contribution in [2.45, 2.75) is 24.3 Å². The highest BCUT2D eigenvalue weighted by molar-refractivity contribution is 7.89. The Morgan fingerprint density at radius 2 is 2.15 bits per heavy atom. The van der Waals surface area contributed by atoms with Crippen LogP contribution in [-0.2, 0) is 14.8 Å². The van der Waals surface area contributed by atoms with Crippen LogP contribution in [0.2, 0.25) is 10.0 Å². The molecule has 5 nitrogen and oxygen atoms in total. The van der Waals surface area contributed by atoms with Crippen LogP contribution in [0.4, 0.5) is 5.69 Å². The van der Waals surface area contributed by atoms with Crippen molar-refractivity contribution in [3.8, 4) is 0 Å². The molecular weight excluding hydrogens is 323 g/mol. The van der Waals surface area contributed by atoms with Crippen LogP contribution in [0.5, 0.6) is 0 Å². The molecule has 1 fully saturated rings. The van der Waals surface area contributed by atoms with Gasteiger partial charge in [0.15, 0.2) is 0 Å². The van der Waals surface area contributed by atoms with Crippen LogP contribution in [0, 0.1) is 0 Å². The van der Waals surface area contributed by atoms with Gasteiger partial charge in [0, 0.05) is 17.6 Å². The molecule has 8 heteroatoms. The van der Waals surface area contributed by atoms with E-state index in [-0.39, 0.29) is 21.6 Å². The number of halogens is 2. The molecule has 0 bridgehead atoms. The molecule has 0 amide bonds. The van der Waals surface area contributed by atoms with E-state index in [2.05, 4.69) is 0 Å². The third-order valence-electron chi connectivity index (χ3n) is 3.25. The maximum Gasteiger partial charge on any atom is 0.247 e. The number of morpholine rings is 1. The van der Waals surface area contributed by atoms with E-state index in [1.165, 1.54) is 16.4 Å². The second-order valence-corrected chi connectivity index (χ2v) is 7.23. The van der Waals surface area contributed by atoms with Gasteiger partial charge < -0.3 is 10.5 Å². The van der Waals surface area contributed by atoms with Gasteiger partial charge in [-0.2, -0.15) is 4.31 Å². The van der Waals surface area contributed by atoms with Gasteiger partial charge in [0.1, 0.15) is 4.90 Å². The summed E-state index contributed by atoms with van der Waals surface area (Å²) in [6, 6.07) is 2.56. The Morgan fingerprint density at radius 1 is 1.45 bits per heavy atom. The number of anilines is 1. The molecule has 1 unspecified atom stereocenters. The zero-order chi connectivity index (χ0) is 14.9. The molecule has 112 valence electrons. The summed E-state index contributed by atoms with van der Waals surface area (Å²) in [4.78, 5) is -0.0797. The minimum absolute atomic E-state index is 0.0383. The molecule has 2 rings (SSSR count). The first kappa shape index (κ1) is 15.9. The largest absolute Gasteiger partial charge is 0.398 e. The molecule has 1 atom stereocenters. The number of hydrogen-bond acceptors (Lipinski definition) is 4. The summed E-state index contributed by atoms with van der Waals surface area (Å²) in [6.07, 6.45) is 0.657. The Morgan fingerprint density at radius 3 is 2.75 bits per heavy atom. The van der Waals surface area contributed by atoms with Crippen molar-refractivity contribution in [3.63, 3.8) is 0 Å². The second kappa shape index (κ2) is 6.07. The number of hydrogen-bond donors (Lipinski definition) is 1. The van der Waals surface area contributed by atoms with E-state index >= 15 is 0 Å². The van der Waals surface area contributed by atoms with E-state index in [1.807, 2.05) is 6.92 Å². The first-order valence-electron chi connectivity index (χ1n) is 6.22. The molecule has 0 spiro atoms. The Labute approximate surface area is 128 Å². The van der Waals surface area contributed by atoms with E-state index in [9.17, 15) is 8.42 Å². The van der Waals surface area contributed by atoms with Crippen LogP contribution in [-0.4, -0.2) is 38.5 Å². The monoisotopic (exact) mass is 338 g/mol. The van der Waals surface area contributed by atoms with E-state index < -0.39 is 10.0 Å². The Balaban J connectivity index is 2.49. The lowest BCUT2D eigenvalue weighted by atomic mass is 10.2. The highest BCUT2D eigenvalue weighted by atomic mass is 35.5. The summed E-state index contributed by atoms with van der Waals surface area (Å²) >= 11 is 11.8. The van der Waals surface area contributed by atoms with Crippen LogP contribution in [0.15, 0.2) is 17.0 Å². The van der Waals surface area contributed by atoms with Gasteiger partial charge in [-0.3, -0.25) is 0 Å². The van der Waals surface area contributed by atoms with Gasteiger partial charge in [0.2, 0.25) is 10.0 Å². The quantitative estimate of drug-likeness (QED) is 0.858. The van der Waals surface area contributed by atoms with Crippen molar-refractivity contribution in [1.29, 1.82) is 0 Å². The van der Waals surface area contributed by atoms with Crippen LogP contribution in [0.3, 0.4) is 0 Å². The summed E-state index contributed by atoms with van der Waals surface area (Å²) < 4.78 is 32.3. The lowest BCUT2D eigenvalue weighted by molar-refractivity contribution is 0.0314. The van der Waals surface area contributed by atoms with E-state index in [1.54, 1.807) is 0 Å². The molecule has 0 saturated carbocycles. The summed E-state index contributed by atoms with van der Waals surface area (Å²) in [5, 5.41) is 0.344. The Bertz CT molecular complexity index is 584. The highest BCUT2D eigenvalue weighted by Crippen LogP contribution is 2.34. The maximum atomic E-state index is 12.8. The van der Waals surface area contributed by atoms with Crippen LogP contribution in [0.1, 0.15) is 13.3 Å². The third-order valence-corrected chi connectivity index (χ3v) is 5.95. The standard InChI is InChI=1S/C12H16Cl2N2O3S/c1-2-9-7-19-4-3-16(9)20(17,18)12-10(14)5-8(13)6-11(12)15/h5-6,9H,2-4,7,15H2,1H3. The molecule has 0 aromatic heterocycles. The van der Waals surface area contributed by atoms with Crippen molar-refractivity contribution in [2.24, 2.45) is 0 Å². The fourth-order valence-electron chi connectivity index (χ4n) is 2.25. The molecule has 1 aromatic rings. The molecule has 1 aromatic carbocycles. The molecule has 20 heavy (non-hydrogen) atoms. The summed E-state index contributed by atoms with van der Waals surface area (Å²) in [6.45, 7) is 2.94. The summed E-state index contributed by atoms with van der Waals surface area (Å²) in [5.74, 6) is 0.